The van der Waals surface area contributed by atoms with E-state index in [0.29, 0.717) is 5.56 Å². The molecular weight excluding hydrogens is 300 g/mol. The lowest BCUT2D eigenvalue weighted by Gasteiger charge is -2.25. The third-order valence-corrected chi connectivity index (χ3v) is 5.22. The van der Waals surface area contributed by atoms with Gasteiger partial charge in [-0.3, -0.25) is 4.79 Å². The van der Waals surface area contributed by atoms with E-state index in [9.17, 15) is 13.2 Å². The summed E-state index contributed by atoms with van der Waals surface area (Å²) < 4.78 is 26.7. The lowest BCUT2D eigenvalue weighted by Crippen LogP contribution is -2.47. The maximum atomic E-state index is 12.7. The fourth-order valence-electron chi connectivity index (χ4n) is 2.21. The smallest absolute Gasteiger partial charge is 0.243 e. The molecule has 1 aromatic rings. The zero-order chi connectivity index (χ0) is 17.1. The van der Waals surface area contributed by atoms with Gasteiger partial charge in [-0.1, -0.05) is 24.6 Å². The Labute approximate surface area is 133 Å². The Bertz CT molecular complexity index is 646. The van der Waals surface area contributed by atoms with Gasteiger partial charge in [0.25, 0.3) is 0 Å². The lowest BCUT2D eigenvalue weighted by atomic mass is 10.1. The van der Waals surface area contributed by atoms with Crippen LogP contribution in [0.3, 0.4) is 0 Å². The second kappa shape index (κ2) is 6.79. The van der Waals surface area contributed by atoms with Gasteiger partial charge in [0.2, 0.25) is 15.9 Å². The molecule has 1 N–H and O–H groups in total. The number of likely N-dealkylation sites (N-methyl/N-ethyl adjacent to an activating group) is 1. The topological polar surface area (TPSA) is 66.5 Å². The number of nitrogens with one attached hydrogen (secondary N) is 1. The summed E-state index contributed by atoms with van der Waals surface area (Å²) in [4.78, 5) is 12.3. The Kier molecular flexibility index (Phi) is 5.76. The molecule has 0 spiro atoms. The average molecular weight is 326 g/mol. The van der Waals surface area contributed by atoms with Crippen molar-refractivity contribution in [2.24, 2.45) is 0 Å². The second-order valence-electron chi connectivity index (χ2n) is 6.50. The average Bonchev–Trinajstić information content (AvgIpc) is 2.32. The minimum Gasteiger partial charge on any atom is -0.350 e. The molecule has 1 rings (SSSR count). The standard InChI is InChI=1S/C16H26N2O3S/c1-7-18(11-15(19)17-16(4,5)6)22(20,21)14-9-8-12(2)10-13(14)3/h8-10H,7,11H2,1-6H3,(H,17,19). The van der Waals surface area contributed by atoms with Crippen LogP contribution >= 0.6 is 0 Å². The van der Waals surface area contributed by atoms with E-state index in [1.54, 1.807) is 26.0 Å². The molecule has 0 saturated heterocycles. The molecule has 1 aromatic carbocycles. The van der Waals surface area contributed by atoms with Gasteiger partial charge in [0, 0.05) is 12.1 Å². The van der Waals surface area contributed by atoms with Crippen molar-refractivity contribution in [2.45, 2.75) is 52.0 Å². The number of carbonyl (C=O) groups is 1. The molecule has 0 atom stereocenters. The summed E-state index contributed by atoms with van der Waals surface area (Å²) in [6.45, 7) is 11.1. The van der Waals surface area contributed by atoms with Gasteiger partial charge >= 0.3 is 0 Å². The van der Waals surface area contributed by atoms with E-state index >= 15 is 0 Å². The monoisotopic (exact) mass is 326 g/mol. The largest absolute Gasteiger partial charge is 0.350 e. The minimum absolute atomic E-state index is 0.177. The van der Waals surface area contributed by atoms with Crippen LogP contribution in [0.4, 0.5) is 0 Å². The van der Waals surface area contributed by atoms with Crippen molar-refractivity contribution in [3.63, 3.8) is 0 Å². The molecule has 0 unspecified atom stereocenters. The van der Waals surface area contributed by atoms with Crippen LogP contribution in [-0.2, 0) is 14.8 Å². The van der Waals surface area contributed by atoms with E-state index < -0.39 is 10.0 Å². The van der Waals surface area contributed by atoms with E-state index in [2.05, 4.69) is 5.32 Å². The predicted octanol–water partition coefficient (Wildman–Crippen LogP) is 2.23. The summed E-state index contributed by atoms with van der Waals surface area (Å²) in [5.74, 6) is -0.303. The van der Waals surface area contributed by atoms with Gasteiger partial charge in [-0.15, -0.1) is 0 Å². The quantitative estimate of drug-likeness (QED) is 0.902. The minimum atomic E-state index is -3.68. The van der Waals surface area contributed by atoms with E-state index in [1.807, 2.05) is 33.8 Å². The molecule has 0 aliphatic heterocycles. The predicted molar refractivity (Wildman–Crippen MR) is 88.2 cm³/mol. The van der Waals surface area contributed by atoms with E-state index in [1.165, 1.54) is 4.31 Å². The first-order valence-corrected chi connectivity index (χ1v) is 8.80. The number of benzene rings is 1. The first-order chi connectivity index (χ1) is 9.97. The van der Waals surface area contributed by atoms with E-state index in [-0.39, 0.29) is 29.4 Å². The Morgan fingerprint density at radius 2 is 1.82 bits per heavy atom. The van der Waals surface area contributed by atoms with Gasteiger partial charge in [-0.2, -0.15) is 4.31 Å². The molecule has 22 heavy (non-hydrogen) atoms. The van der Waals surface area contributed by atoms with Crippen molar-refractivity contribution in [3.05, 3.63) is 29.3 Å². The number of amides is 1. The molecular formula is C16H26N2O3S. The number of nitrogens with zero attached hydrogens (tertiary/aromatic N) is 1. The van der Waals surface area contributed by atoms with E-state index in [4.69, 9.17) is 0 Å². The number of hydrogen-bond acceptors (Lipinski definition) is 3. The molecule has 5 nitrogen and oxygen atoms in total. The molecule has 0 heterocycles. The van der Waals surface area contributed by atoms with E-state index in [0.717, 1.165) is 5.56 Å². The number of aryl methyl sites for hydroxylation is 2. The molecule has 0 aliphatic rings. The molecule has 124 valence electrons. The second-order valence-corrected chi connectivity index (χ2v) is 8.40. The summed E-state index contributed by atoms with van der Waals surface area (Å²) in [6, 6.07) is 5.20. The van der Waals surface area contributed by atoms with Gasteiger partial charge in [-0.25, -0.2) is 8.42 Å². The van der Waals surface area contributed by atoms with Crippen LogP contribution in [0.1, 0.15) is 38.8 Å². The van der Waals surface area contributed by atoms with Gasteiger partial charge in [-0.05, 0) is 46.2 Å². The van der Waals surface area contributed by atoms with Crippen LogP contribution in [0.15, 0.2) is 23.1 Å². The summed E-state index contributed by atoms with van der Waals surface area (Å²) in [5.41, 5.74) is 1.31. The van der Waals surface area contributed by atoms with Crippen molar-refractivity contribution < 1.29 is 13.2 Å². The summed E-state index contributed by atoms with van der Waals surface area (Å²) in [7, 11) is -3.68. The summed E-state index contributed by atoms with van der Waals surface area (Å²) in [6.07, 6.45) is 0. The van der Waals surface area contributed by atoms with Crippen LogP contribution in [-0.4, -0.2) is 37.3 Å². The van der Waals surface area contributed by atoms with Gasteiger partial charge in [0.05, 0.1) is 11.4 Å². The zero-order valence-electron chi connectivity index (χ0n) is 14.2. The highest BCUT2D eigenvalue weighted by molar-refractivity contribution is 7.89. The molecule has 0 aliphatic carbocycles. The van der Waals surface area contributed by atoms with Crippen LogP contribution in [0.2, 0.25) is 0 Å². The molecule has 1 amide bonds. The Hall–Kier alpha value is -1.40. The summed E-state index contributed by atoms with van der Waals surface area (Å²) >= 11 is 0. The van der Waals surface area contributed by atoms with Crippen molar-refractivity contribution >= 4 is 15.9 Å². The van der Waals surface area contributed by atoms with Crippen molar-refractivity contribution in [1.29, 1.82) is 0 Å². The maximum absolute atomic E-state index is 12.7. The van der Waals surface area contributed by atoms with Crippen LogP contribution in [0.5, 0.6) is 0 Å². The number of carbonyl (C=O) groups excluding carboxylic acids is 1. The molecule has 0 saturated carbocycles. The first kappa shape index (κ1) is 18.6. The fraction of sp³-hybridized carbons (Fsp3) is 0.562. The molecule has 0 bridgehead atoms. The lowest BCUT2D eigenvalue weighted by molar-refractivity contribution is -0.122. The zero-order valence-corrected chi connectivity index (χ0v) is 15.0. The highest BCUT2D eigenvalue weighted by atomic mass is 32.2. The Morgan fingerprint density at radius 3 is 2.27 bits per heavy atom. The van der Waals surface area contributed by atoms with Crippen LogP contribution in [0, 0.1) is 13.8 Å². The summed E-state index contributed by atoms with van der Waals surface area (Å²) in [5, 5.41) is 2.79. The molecule has 0 aromatic heterocycles. The van der Waals surface area contributed by atoms with Gasteiger partial charge < -0.3 is 5.32 Å². The number of hydrogen-bond donors (Lipinski definition) is 1. The normalized spacial score (nSPS) is 12.5. The van der Waals surface area contributed by atoms with Gasteiger partial charge in [0.15, 0.2) is 0 Å². The van der Waals surface area contributed by atoms with Crippen molar-refractivity contribution in [2.75, 3.05) is 13.1 Å². The highest BCUT2D eigenvalue weighted by Crippen LogP contribution is 2.20. The molecule has 6 heteroatoms. The SMILES string of the molecule is CCN(CC(=O)NC(C)(C)C)S(=O)(=O)c1ccc(C)cc1C. The number of rotatable bonds is 5. The van der Waals surface area contributed by atoms with Crippen molar-refractivity contribution in [3.8, 4) is 0 Å². The fourth-order valence-corrected chi connectivity index (χ4v) is 3.82. The third-order valence-electron chi connectivity index (χ3n) is 3.14. The molecule has 0 fully saturated rings. The third kappa shape index (κ3) is 4.81. The van der Waals surface area contributed by atoms with Crippen LogP contribution < -0.4 is 5.32 Å². The Balaban J connectivity index is 3.05. The molecule has 0 radical (unpaired) electrons. The Morgan fingerprint density at radius 1 is 1.23 bits per heavy atom. The van der Waals surface area contributed by atoms with Crippen molar-refractivity contribution in [1.82, 2.24) is 9.62 Å². The van der Waals surface area contributed by atoms with Crippen LogP contribution in [0.25, 0.3) is 0 Å². The number of sulfonamides is 1. The first-order valence-electron chi connectivity index (χ1n) is 7.36. The maximum Gasteiger partial charge on any atom is 0.243 e. The highest BCUT2D eigenvalue weighted by Gasteiger charge is 2.27. The van der Waals surface area contributed by atoms with Gasteiger partial charge in [0.1, 0.15) is 0 Å².